The molecule has 13 nitrogen and oxygen atoms in total. The molecule has 0 saturated carbocycles. The van der Waals surface area contributed by atoms with E-state index in [0.29, 0.717) is 29.8 Å². The third-order valence-electron chi connectivity index (χ3n) is 11.2. The average Bonchev–Trinajstić information content (AvgIpc) is 3.58. The van der Waals surface area contributed by atoms with E-state index >= 15 is 0 Å². The Balaban J connectivity index is 1.20. The number of aliphatic carboxylic acids is 1. The van der Waals surface area contributed by atoms with E-state index in [0.717, 1.165) is 9.87 Å². The van der Waals surface area contributed by atoms with Crippen LogP contribution in [-0.4, -0.2) is 83.5 Å². The standard InChI is InChI=1S/C41H49Cl2N5O8S/c1-5-25(2)36(46-34(49)21-27-11-13-31(14-12-27)44-40(54)45-33-10-7-6-9-26(33)3)38(51)47-19-15-28(16-20-47)35(39(52)53)37(50)41(4)17-8-18-48(41)57(55,56)32-23-29(42)22-30(43)24-32/h6-7,9-14,22-25,28,35-36H,5,8,15-21H2,1-4H3,(H,46,49)(H,52,53)(H2,44,45,54)/t25?,35-,36+,41+/m1/s1. The Hall–Kier alpha value is -4.50. The molecular formula is C41H49Cl2N5O8S. The number of carboxylic acids is 1. The minimum absolute atomic E-state index is 0.00374. The van der Waals surface area contributed by atoms with Crippen molar-refractivity contribution in [2.45, 2.75) is 82.7 Å². The van der Waals surface area contributed by atoms with Crippen molar-refractivity contribution in [2.24, 2.45) is 17.8 Å². The number of halogens is 2. The maximum Gasteiger partial charge on any atom is 0.323 e. The first kappa shape index (κ1) is 43.6. The van der Waals surface area contributed by atoms with Crippen LogP contribution in [0.5, 0.6) is 0 Å². The van der Waals surface area contributed by atoms with Gasteiger partial charge in [0, 0.05) is 41.1 Å². The van der Waals surface area contributed by atoms with Gasteiger partial charge in [0.25, 0.3) is 0 Å². The topological polar surface area (TPSA) is 182 Å². The van der Waals surface area contributed by atoms with E-state index in [1.807, 2.05) is 39.0 Å². The summed E-state index contributed by atoms with van der Waals surface area (Å²) in [7, 11) is -4.27. The van der Waals surface area contributed by atoms with Gasteiger partial charge < -0.3 is 26.0 Å². The van der Waals surface area contributed by atoms with Gasteiger partial charge in [0.1, 0.15) is 12.0 Å². The first-order valence-corrected chi connectivity index (χ1v) is 21.2. The van der Waals surface area contributed by atoms with Crippen molar-refractivity contribution in [1.82, 2.24) is 14.5 Å². The lowest BCUT2D eigenvalue weighted by atomic mass is 9.75. The highest BCUT2D eigenvalue weighted by Gasteiger charge is 2.54. The van der Waals surface area contributed by atoms with Gasteiger partial charge in [-0.1, -0.05) is 73.8 Å². The van der Waals surface area contributed by atoms with Gasteiger partial charge in [0.15, 0.2) is 5.78 Å². The van der Waals surface area contributed by atoms with Crippen LogP contribution in [0.1, 0.15) is 64.0 Å². The molecule has 3 aromatic carbocycles. The number of aryl methyl sites for hydroxylation is 1. The molecule has 4 atom stereocenters. The Labute approximate surface area is 343 Å². The molecule has 0 spiro atoms. The molecule has 2 saturated heterocycles. The molecule has 2 aliphatic rings. The predicted molar refractivity (Wildman–Crippen MR) is 219 cm³/mol. The van der Waals surface area contributed by atoms with Crippen LogP contribution in [0, 0.1) is 24.7 Å². The molecule has 0 radical (unpaired) electrons. The monoisotopic (exact) mass is 841 g/mol. The van der Waals surface area contributed by atoms with Crippen molar-refractivity contribution in [3.63, 3.8) is 0 Å². The number of carbonyl (C=O) groups excluding carboxylic acids is 4. The third-order valence-corrected chi connectivity index (χ3v) is 13.6. The quantitative estimate of drug-likeness (QED) is 0.128. The molecule has 16 heteroatoms. The van der Waals surface area contributed by atoms with Gasteiger partial charge >= 0.3 is 12.0 Å². The number of ketones is 1. The van der Waals surface area contributed by atoms with E-state index < -0.39 is 51.2 Å². The number of likely N-dealkylation sites (tertiary alicyclic amines) is 1. The van der Waals surface area contributed by atoms with Crippen molar-refractivity contribution < 1.29 is 37.5 Å². The second-order valence-corrected chi connectivity index (χ2v) is 17.8. The number of carboxylic acid groups (broad SMARTS) is 1. The molecule has 5 rings (SSSR count). The summed E-state index contributed by atoms with van der Waals surface area (Å²) >= 11 is 12.2. The molecule has 1 unspecified atom stereocenters. The van der Waals surface area contributed by atoms with Crippen molar-refractivity contribution >= 4 is 74.2 Å². The SMILES string of the molecule is CCC(C)[C@H](NC(=O)Cc1ccc(NC(=O)Nc2ccccc2C)cc1)C(=O)N1CCC([C@@H](C(=O)O)C(=O)[C@]2(C)CCCN2S(=O)(=O)c2cc(Cl)cc(Cl)c2)CC1. The van der Waals surface area contributed by atoms with Gasteiger partial charge in [-0.3, -0.25) is 19.2 Å². The maximum absolute atomic E-state index is 14.2. The minimum atomic E-state index is -4.27. The van der Waals surface area contributed by atoms with Crippen LogP contribution in [0.3, 0.4) is 0 Å². The second-order valence-electron chi connectivity index (χ2n) is 15.1. The van der Waals surface area contributed by atoms with Crippen LogP contribution in [0.2, 0.25) is 10.0 Å². The number of urea groups is 1. The molecule has 2 heterocycles. The highest BCUT2D eigenvalue weighted by atomic mass is 35.5. The Morgan fingerprint density at radius 2 is 1.56 bits per heavy atom. The highest BCUT2D eigenvalue weighted by molar-refractivity contribution is 7.89. The van der Waals surface area contributed by atoms with E-state index in [4.69, 9.17) is 23.2 Å². The fraction of sp³-hybridized carbons (Fsp3) is 0.439. The lowest BCUT2D eigenvalue weighted by molar-refractivity contribution is -0.153. The van der Waals surface area contributed by atoms with Gasteiger partial charge in [-0.25, -0.2) is 13.2 Å². The van der Waals surface area contributed by atoms with Gasteiger partial charge in [-0.2, -0.15) is 4.31 Å². The first-order valence-electron chi connectivity index (χ1n) is 19.0. The van der Waals surface area contributed by atoms with Crippen LogP contribution in [-0.2, 0) is 35.6 Å². The molecule has 306 valence electrons. The number of benzene rings is 3. The molecule has 3 aromatic rings. The summed E-state index contributed by atoms with van der Waals surface area (Å²) in [6, 6.07) is 16.9. The summed E-state index contributed by atoms with van der Waals surface area (Å²) in [6.45, 7) is 7.50. The maximum atomic E-state index is 14.2. The zero-order valence-electron chi connectivity index (χ0n) is 32.4. The number of piperidine rings is 1. The zero-order chi connectivity index (χ0) is 41.7. The fourth-order valence-electron chi connectivity index (χ4n) is 7.68. The second kappa shape index (κ2) is 18.4. The summed E-state index contributed by atoms with van der Waals surface area (Å²) in [5.74, 6) is -5.07. The molecule has 2 fully saturated rings. The number of nitrogens with zero attached hydrogens (tertiary/aromatic N) is 2. The first-order chi connectivity index (χ1) is 26.9. The number of Topliss-reactive ketones (excluding diaryl/α,β-unsaturated/α-hetero) is 1. The molecule has 4 amide bonds. The summed E-state index contributed by atoms with van der Waals surface area (Å²) < 4.78 is 28.7. The Bertz CT molecular complexity index is 2090. The van der Waals surface area contributed by atoms with Crippen LogP contribution < -0.4 is 16.0 Å². The third kappa shape index (κ3) is 10.2. The van der Waals surface area contributed by atoms with Crippen molar-refractivity contribution in [2.75, 3.05) is 30.3 Å². The Kier molecular flexibility index (Phi) is 14.1. The summed E-state index contributed by atoms with van der Waals surface area (Å²) in [4.78, 5) is 68.1. The van der Waals surface area contributed by atoms with Crippen molar-refractivity contribution in [3.8, 4) is 0 Å². The van der Waals surface area contributed by atoms with Crippen molar-refractivity contribution in [1.29, 1.82) is 0 Å². The highest BCUT2D eigenvalue weighted by Crippen LogP contribution is 2.40. The normalized spacial score (nSPS) is 19.3. The number of sulfonamides is 1. The number of amides is 4. The number of rotatable bonds is 14. The number of carbonyl (C=O) groups is 5. The number of hydrogen-bond donors (Lipinski definition) is 4. The lowest BCUT2D eigenvalue weighted by Gasteiger charge is -2.40. The van der Waals surface area contributed by atoms with Crippen LogP contribution in [0.4, 0.5) is 16.2 Å². The van der Waals surface area contributed by atoms with E-state index in [9.17, 15) is 37.5 Å². The van der Waals surface area contributed by atoms with E-state index in [2.05, 4.69) is 16.0 Å². The number of nitrogens with one attached hydrogen (secondary N) is 3. The Morgan fingerprint density at radius 3 is 2.16 bits per heavy atom. The zero-order valence-corrected chi connectivity index (χ0v) is 34.7. The Morgan fingerprint density at radius 1 is 0.930 bits per heavy atom. The molecular weight excluding hydrogens is 793 g/mol. The molecule has 4 N–H and O–H groups in total. The largest absolute Gasteiger partial charge is 0.481 e. The molecule has 57 heavy (non-hydrogen) atoms. The number of para-hydroxylation sites is 1. The molecule has 2 aliphatic heterocycles. The van der Waals surface area contributed by atoms with Gasteiger partial charge in [0.2, 0.25) is 21.8 Å². The van der Waals surface area contributed by atoms with Gasteiger partial charge in [-0.05, 0) is 98.9 Å². The van der Waals surface area contributed by atoms with Gasteiger partial charge in [-0.15, -0.1) is 0 Å². The number of anilines is 2. The van der Waals surface area contributed by atoms with E-state index in [-0.39, 0.29) is 78.0 Å². The van der Waals surface area contributed by atoms with Crippen LogP contribution in [0.25, 0.3) is 0 Å². The smallest absolute Gasteiger partial charge is 0.323 e. The van der Waals surface area contributed by atoms with E-state index in [1.54, 1.807) is 35.2 Å². The minimum Gasteiger partial charge on any atom is -0.481 e. The van der Waals surface area contributed by atoms with E-state index in [1.165, 1.54) is 25.1 Å². The summed E-state index contributed by atoms with van der Waals surface area (Å²) in [5, 5.41) is 19.1. The molecule has 0 bridgehead atoms. The average molecular weight is 843 g/mol. The summed E-state index contributed by atoms with van der Waals surface area (Å²) in [5.41, 5.74) is 1.21. The van der Waals surface area contributed by atoms with Crippen molar-refractivity contribution in [3.05, 3.63) is 87.9 Å². The number of hydrogen-bond acceptors (Lipinski definition) is 7. The van der Waals surface area contributed by atoms with Gasteiger partial charge in [0.05, 0.1) is 16.9 Å². The molecule has 0 aromatic heterocycles. The molecule has 0 aliphatic carbocycles. The summed E-state index contributed by atoms with van der Waals surface area (Å²) in [6.07, 6.45) is 1.50. The van der Waals surface area contributed by atoms with Crippen LogP contribution >= 0.6 is 23.2 Å². The lowest BCUT2D eigenvalue weighted by Crippen LogP contribution is -2.57. The fourth-order valence-corrected chi connectivity index (χ4v) is 10.2. The van der Waals surface area contributed by atoms with Crippen LogP contribution in [0.15, 0.2) is 71.6 Å². The predicted octanol–water partition coefficient (Wildman–Crippen LogP) is 6.77.